The molecule has 0 aromatic heterocycles. The Bertz CT molecular complexity index is 396. The molecule has 1 aromatic rings. The van der Waals surface area contributed by atoms with Gasteiger partial charge in [-0.15, -0.1) is 0 Å². The Morgan fingerprint density at radius 1 is 1.60 bits per heavy atom. The molecule has 1 aromatic carbocycles. The molecule has 0 aliphatic heterocycles. The summed E-state index contributed by atoms with van der Waals surface area (Å²) in [4.78, 5) is 10.8. The van der Waals surface area contributed by atoms with E-state index in [9.17, 15) is 4.79 Å². The second-order valence-electron chi connectivity index (χ2n) is 3.15. The van der Waals surface area contributed by atoms with Crippen LogP contribution in [0.25, 0.3) is 0 Å². The second-order valence-corrected chi connectivity index (χ2v) is 3.15. The van der Waals surface area contributed by atoms with Crippen molar-refractivity contribution in [1.82, 2.24) is 5.32 Å². The predicted molar refractivity (Wildman–Crippen MR) is 55.3 cm³/mol. The first kappa shape index (κ1) is 11.2. The minimum absolute atomic E-state index is 0.315. The van der Waals surface area contributed by atoms with E-state index in [0.29, 0.717) is 12.0 Å². The van der Waals surface area contributed by atoms with E-state index in [2.05, 4.69) is 5.32 Å². The van der Waals surface area contributed by atoms with Crippen molar-refractivity contribution in [1.29, 1.82) is 5.26 Å². The summed E-state index contributed by atoms with van der Waals surface area (Å²) in [5.41, 5.74) is 1.28. The molecule has 1 rings (SSSR count). The molecule has 0 heterocycles. The van der Waals surface area contributed by atoms with Gasteiger partial charge >= 0.3 is 5.97 Å². The number of hydrogen-bond donors (Lipinski definition) is 2. The summed E-state index contributed by atoms with van der Waals surface area (Å²) >= 11 is 0. The molecule has 4 nitrogen and oxygen atoms in total. The molecule has 4 heteroatoms. The van der Waals surface area contributed by atoms with Gasteiger partial charge in [0.05, 0.1) is 11.6 Å². The number of carboxylic acids is 1. The summed E-state index contributed by atoms with van der Waals surface area (Å²) in [7, 11) is 1.59. The highest BCUT2D eigenvalue weighted by molar-refractivity contribution is 5.74. The number of nitriles is 1. The van der Waals surface area contributed by atoms with Crippen LogP contribution >= 0.6 is 0 Å². The van der Waals surface area contributed by atoms with Crippen LogP contribution in [-0.4, -0.2) is 24.2 Å². The van der Waals surface area contributed by atoms with Gasteiger partial charge in [0.25, 0.3) is 0 Å². The molecular weight excluding hydrogens is 192 g/mol. The number of aliphatic carboxylic acids is 1. The van der Waals surface area contributed by atoms with Gasteiger partial charge in [-0.25, -0.2) is 0 Å². The van der Waals surface area contributed by atoms with Crippen LogP contribution in [0.4, 0.5) is 0 Å². The van der Waals surface area contributed by atoms with Gasteiger partial charge in [-0.1, -0.05) is 18.2 Å². The molecule has 78 valence electrons. The van der Waals surface area contributed by atoms with Gasteiger partial charge in [-0.05, 0) is 25.1 Å². The van der Waals surface area contributed by atoms with Crippen molar-refractivity contribution >= 4 is 5.97 Å². The lowest BCUT2D eigenvalue weighted by atomic mass is 10.0. The van der Waals surface area contributed by atoms with Gasteiger partial charge in [-0.2, -0.15) is 5.26 Å². The van der Waals surface area contributed by atoms with Crippen molar-refractivity contribution in [3.63, 3.8) is 0 Å². The monoisotopic (exact) mass is 204 g/mol. The van der Waals surface area contributed by atoms with Crippen LogP contribution in [0.15, 0.2) is 24.3 Å². The number of carbonyl (C=O) groups is 1. The lowest BCUT2D eigenvalue weighted by Gasteiger charge is -2.11. The standard InChI is InChI=1S/C11H12N2O2/c1-13-10(11(14)15)6-8-4-2-3-5-9(8)7-12/h2-5,10,13H,6H2,1H3,(H,14,15)/t10-/m0/s1. The summed E-state index contributed by atoms with van der Waals surface area (Å²) in [5, 5.41) is 20.4. The van der Waals surface area contributed by atoms with E-state index >= 15 is 0 Å². The van der Waals surface area contributed by atoms with Crippen molar-refractivity contribution in [2.24, 2.45) is 0 Å². The number of nitrogens with one attached hydrogen (secondary N) is 1. The number of rotatable bonds is 4. The van der Waals surface area contributed by atoms with E-state index in [4.69, 9.17) is 10.4 Å². The average Bonchev–Trinajstić information content (AvgIpc) is 2.25. The highest BCUT2D eigenvalue weighted by Crippen LogP contribution is 2.09. The largest absolute Gasteiger partial charge is 0.480 e. The maximum Gasteiger partial charge on any atom is 0.321 e. The van der Waals surface area contributed by atoms with Crippen molar-refractivity contribution in [3.8, 4) is 6.07 Å². The van der Waals surface area contributed by atoms with Crippen molar-refractivity contribution in [2.45, 2.75) is 12.5 Å². The fourth-order valence-electron chi connectivity index (χ4n) is 1.34. The smallest absolute Gasteiger partial charge is 0.321 e. The van der Waals surface area contributed by atoms with Crippen LogP contribution < -0.4 is 5.32 Å². The van der Waals surface area contributed by atoms with E-state index in [0.717, 1.165) is 5.56 Å². The Morgan fingerprint density at radius 2 is 2.27 bits per heavy atom. The summed E-state index contributed by atoms with van der Waals surface area (Å²) < 4.78 is 0. The molecule has 0 saturated carbocycles. The summed E-state index contributed by atoms with van der Waals surface area (Å²) in [6.45, 7) is 0. The first-order valence-corrected chi connectivity index (χ1v) is 4.57. The quantitative estimate of drug-likeness (QED) is 0.759. The van der Waals surface area contributed by atoms with Gasteiger partial charge in [-0.3, -0.25) is 4.79 Å². The maximum atomic E-state index is 10.8. The summed E-state index contributed by atoms with van der Waals surface area (Å²) in [6, 6.07) is 8.40. The van der Waals surface area contributed by atoms with Crippen molar-refractivity contribution < 1.29 is 9.90 Å². The molecule has 0 unspecified atom stereocenters. The first-order chi connectivity index (χ1) is 7.19. The zero-order chi connectivity index (χ0) is 11.3. The maximum absolute atomic E-state index is 10.8. The van der Waals surface area contributed by atoms with E-state index in [-0.39, 0.29) is 0 Å². The van der Waals surface area contributed by atoms with Crippen molar-refractivity contribution in [2.75, 3.05) is 7.05 Å². The average molecular weight is 204 g/mol. The molecule has 15 heavy (non-hydrogen) atoms. The normalized spacial score (nSPS) is 11.7. The Labute approximate surface area is 88.2 Å². The van der Waals surface area contributed by atoms with Gasteiger partial charge in [0.15, 0.2) is 0 Å². The fourth-order valence-corrected chi connectivity index (χ4v) is 1.34. The zero-order valence-corrected chi connectivity index (χ0v) is 8.40. The Kier molecular flexibility index (Phi) is 3.83. The number of likely N-dealkylation sites (N-methyl/N-ethyl adjacent to an activating group) is 1. The zero-order valence-electron chi connectivity index (χ0n) is 8.40. The Morgan fingerprint density at radius 3 is 2.80 bits per heavy atom. The first-order valence-electron chi connectivity index (χ1n) is 4.57. The van der Waals surface area contributed by atoms with Gasteiger partial charge in [0.2, 0.25) is 0 Å². The van der Waals surface area contributed by atoms with Crippen LogP contribution in [0, 0.1) is 11.3 Å². The SMILES string of the molecule is CN[C@@H](Cc1ccccc1C#N)C(=O)O. The van der Waals surface area contributed by atoms with Gasteiger partial charge in [0, 0.05) is 0 Å². The third kappa shape index (κ3) is 2.79. The van der Waals surface area contributed by atoms with Crippen LogP contribution in [-0.2, 0) is 11.2 Å². The molecule has 0 radical (unpaired) electrons. The highest BCUT2D eigenvalue weighted by atomic mass is 16.4. The van der Waals surface area contributed by atoms with E-state index in [1.54, 1.807) is 31.3 Å². The number of hydrogen-bond acceptors (Lipinski definition) is 3. The minimum atomic E-state index is -0.912. The van der Waals surface area contributed by atoms with Crippen molar-refractivity contribution in [3.05, 3.63) is 35.4 Å². The lowest BCUT2D eigenvalue weighted by Crippen LogP contribution is -2.35. The predicted octanol–water partition coefficient (Wildman–Crippen LogP) is 0.773. The van der Waals surface area contributed by atoms with Gasteiger partial charge in [0.1, 0.15) is 6.04 Å². The molecular formula is C11H12N2O2. The number of benzene rings is 1. The Balaban J connectivity index is 2.89. The fraction of sp³-hybridized carbons (Fsp3) is 0.273. The molecule has 0 spiro atoms. The van der Waals surface area contributed by atoms with Gasteiger partial charge < -0.3 is 10.4 Å². The molecule has 0 amide bonds. The van der Waals surface area contributed by atoms with Crippen LogP contribution in [0.1, 0.15) is 11.1 Å². The van der Waals surface area contributed by atoms with Crippen LogP contribution in [0.5, 0.6) is 0 Å². The van der Waals surface area contributed by atoms with E-state index < -0.39 is 12.0 Å². The molecule has 2 N–H and O–H groups in total. The molecule has 0 fully saturated rings. The minimum Gasteiger partial charge on any atom is -0.480 e. The van der Waals surface area contributed by atoms with Crippen LogP contribution in [0.3, 0.4) is 0 Å². The highest BCUT2D eigenvalue weighted by Gasteiger charge is 2.16. The van der Waals surface area contributed by atoms with E-state index in [1.807, 2.05) is 6.07 Å². The second kappa shape index (κ2) is 5.13. The topological polar surface area (TPSA) is 73.1 Å². The summed E-state index contributed by atoms with van der Waals surface area (Å²) in [6.07, 6.45) is 0.315. The van der Waals surface area contributed by atoms with E-state index in [1.165, 1.54) is 0 Å². The molecule has 0 bridgehead atoms. The summed E-state index contributed by atoms with van der Waals surface area (Å²) in [5.74, 6) is -0.912. The third-order valence-electron chi connectivity index (χ3n) is 2.21. The number of nitrogens with zero attached hydrogens (tertiary/aromatic N) is 1. The number of carboxylic acid groups (broad SMARTS) is 1. The Hall–Kier alpha value is -1.86. The van der Waals surface area contributed by atoms with Crippen LogP contribution in [0.2, 0.25) is 0 Å². The molecule has 0 aliphatic rings. The lowest BCUT2D eigenvalue weighted by molar-refractivity contribution is -0.139. The molecule has 0 aliphatic carbocycles. The molecule has 0 saturated heterocycles. The molecule has 1 atom stereocenters. The third-order valence-corrected chi connectivity index (χ3v) is 2.21.